The molecule has 1 aliphatic heterocycles. The summed E-state index contributed by atoms with van der Waals surface area (Å²) in [6, 6.07) is 8.30. The third-order valence-corrected chi connectivity index (χ3v) is 4.73. The number of hydrogen-bond acceptors (Lipinski definition) is 4. The fourth-order valence-corrected chi connectivity index (χ4v) is 3.15. The maximum absolute atomic E-state index is 14.1. The summed E-state index contributed by atoms with van der Waals surface area (Å²) in [5.41, 5.74) is 1.72. The Labute approximate surface area is 147 Å². The van der Waals surface area contributed by atoms with Crippen molar-refractivity contribution in [2.24, 2.45) is 0 Å². The van der Waals surface area contributed by atoms with Gasteiger partial charge in [-0.05, 0) is 63.3 Å². The van der Waals surface area contributed by atoms with Crippen molar-refractivity contribution in [2.45, 2.75) is 18.9 Å². The number of carbonyl (C=O) groups is 1. The normalized spacial score (nSPS) is 15.8. The standard InChI is InChI=1S/C19H23FN4O/c1-23-9-5-17(6-10-23)24(2)18-12-15(20)11-16(13-18)22-19(25)14-3-7-21-8-4-14/h3-4,7-8,11-13,17H,5-6,9-10H2,1-2H3,(H,22,25). The molecule has 2 heterocycles. The molecular formula is C19H23FN4O. The van der Waals surface area contributed by atoms with Gasteiger partial charge in [0.15, 0.2) is 0 Å². The molecule has 5 nitrogen and oxygen atoms in total. The van der Waals surface area contributed by atoms with Crippen molar-refractivity contribution in [3.05, 3.63) is 54.1 Å². The molecule has 1 N–H and O–H groups in total. The molecule has 132 valence electrons. The predicted molar refractivity (Wildman–Crippen MR) is 97.5 cm³/mol. The summed E-state index contributed by atoms with van der Waals surface area (Å²) in [4.78, 5) is 20.6. The number of rotatable bonds is 4. The number of carbonyl (C=O) groups excluding carboxylic acids is 1. The van der Waals surface area contributed by atoms with E-state index in [1.54, 1.807) is 24.5 Å². The number of pyridine rings is 1. The Morgan fingerprint density at radius 1 is 1.24 bits per heavy atom. The predicted octanol–water partition coefficient (Wildman–Crippen LogP) is 3.00. The number of benzene rings is 1. The first kappa shape index (κ1) is 17.4. The zero-order valence-corrected chi connectivity index (χ0v) is 14.6. The summed E-state index contributed by atoms with van der Waals surface area (Å²) in [6.07, 6.45) is 5.20. The van der Waals surface area contributed by atoms with E-state index in [-0.39, 0.29) is 11.7 Å². The number of likely N-dealkylation sites (tertiary alicyclic amines) is 1. The largest absolute Gasteiger partial charge is 0.371 e. The summed E-state index contributed by atoms with van der Waals surface area (Å²) in [5, 5.41) is 2.76. The topological polar surface area (TPSA) is 48.5 Å². The van der Waals surface area contributed by atoms with E-state index in [9.17, 15) is 9.18 Å². The highest BCUT2D eigenvalue weighted by molar-refractivity contribution is 6.04. The second-order valence-electron chi connectivity index (χ2n) is 6.53. The average Bonchev–Trinajstić information content (AvgIpc) is 2.62. The third-order valence-electron chi connectivity index (χ3n) is 4.73. The van der Waals surface area contributed by atoms with Gasteiger partial charge in [0.25, 0.3) is 5.91 Å². The van der Waals surface area contributed by atoms with Gasteiger partial charge in [-0.2, -0.15) is 0 Å². The van der Waals surface area contributed by atoms with E-state index < -0.39 is 0 Å². The van der Waals surface area contributed by atoms with E-state index in [2.05, 4.69) is 27.1 Å². The summed E-state index contributed by atoms with van der Waals surface area (Å²) in [6.45, 7) is 2.08. The lowest BCUT2D eigenvalue weighted by atomic mass is 10.0. The molecule has 1 aromatic heterocycles. The molecule has 0 unspecified atom stereocenters. The zero-order chi connectivity index (χ0) is 17.8. The van der Waals surface area contributed by atoms with Gasteiger partial charge in [-0.1, -0.05) is 0 Å². The monoisotopic (exact) mass is 342 g/mol. The lowest BCUT2D eigenvalue weighted by Gasteiger charge is -2.36. The lowest BCUT2D eigenvalue weighted by molar-refractivity contribution is 0.102. The van der Waals surface area contributed by atoms with Crippen molar-refractivity contribution < 1.29 is 9.18 Å². The van der Waals surface area contributed by atoms with Gasteiger partial charge in [0.1, 0.15) is 5.82 Å². The molecule has 1 aromatic carbocycles. The van der Waals surface area contributed by atoms with Crippen LogP contribution in [0.1, 0.15) is 23.2 Å². The number of anilines is 2. The fraction of sp³-hybridized carbons (Fsp3) is 0.368. The van der Waals surface area contributed by atoms with Crippen molar-refractivity contribution in [1.29, 1.82) is 0 Å². The molecular weight excluding hydrogens is 319 g/mol. The van der Waals surface area contributed by atoms with E-state index in [0.717, 1.165) is 31.6 Å². The highest BCUT2D eigenvalue weighted by Crippen LogP contribution is 2.26. The van der Waals surface area contributed by atoms with Gasteiger partial charge < -0.3 is 15.1 Å². The van der Waals surface area contributed by atoms with Gasteiger partial charge in [-0.25, -0.2) is 4.39 Å². The van der Waals surface area contributed by atoms with Crippen molar-refractivity contribution in [3.8, 4) is 0 Å². The highest BCUT2D eigenvalue weighted by Gasteiger charge is 2.21. The maximum atomic E-state index is 14.1. The number of nitrogens with zero attached hydrogens (tertiary/aromatic N) is 3. The van der Waals surface area contributed by atoms with E-state index >= 15 is 0 Å². The lowest BCUT2D eigenvalue weighted by Crippen LogP contribution is -2.42. The number of aromatic nitrogens is 1. The van der Waals surface area contributed by atoms with Crippen molar-refractivity contribution in [1.82, 2.24) is 9.88 Å². The Bertz CT molecular complexity index is 729. The average molecular weight is 342 g/mol. The minimum absolute atomic E-state index is 0.277. The first-order valence-electron chi connectivity index (χ1n) is 8.46. The molecule has 25 heavy (non-hydrogen) atoms. The van der Waals surface area contributed by atoms with Crippen LogP contribution < -0.4 is 10.2 Å². The van der Waals surface area contributed by atoms with Gasteiger partial charge in [0.2, 0.25) is 0 Å². The van der Waals surface area contributed by atoms with Crippen LogP contribution in [0.4, 0.5) is 15.8 Å². The van der Waals surface area contributed by atoms with Crippen molar-refractivity contribution >= 4 is 17.3 Å². The number of halogens is 1. The zero-order valence-electron chi connectivity index (χ0n) is 14.6. The van der Waals surface area contributed by atoms with Crippen molar-refractivity contribution in [3.63, 3.8) is 0 Å². The van der Waals surface area contributed by atoms with Crippen LogP contribution in [0, 0.1) is 5.82 Å². The van der Waals surface area contributed by atoms with Gasteiger partial charge in [-0.15, -0.1) is 0 Å². The first-order valence-corrected chi connectivity index (χ1v) is 8.46. The van der Waals surface area contributed by atoms with E-state index in [0.29, 0.717) is 17.3 Å². The van der Waals surface area contributed by atoms with Crippen molar-refractivity contribution in [2.75, 3.05) is 37.4 Å². The van der Waals surface area contributed by atoms with Crippen LogP contribution in [0.5, 0.6) is 0 Å². The molecule has 0 saturated carbocycles. The molecule has 0 bridgehead atoms. The van der Waals surface area contributed by atoms with E-state index in [1.807, 2.05) is 13.1 Å². The number of hydrogen-bond donors (Lipinski definition) is 1. The molecule has 0 aliphatic carbocycles. The Balaban J connectivity index is 1.75. The second-order valence-corrected chi connectivity index (χ2v) is 6.53. The molecule has 0 spiro atoms. The first-order chi connectivity index (χ1) is 12.0. The molecule has 1 fully saturated rings. The van der Waals surface area contributed by atoms with Gasteiger partial charge in [0, 0.05) is 42.4 Å². The van der Waals surface area contributed by atoms with E-state index in [4.69, 9.17) is 0 Å². The van der Waals surface area contributed by atoms with Crippen LogP contribution in [0.25, 0.3) is 0 Å². The smallest absolute Gasteiger partial charge is 0.255 e. The Kier molecular flexibility index (Phi) is 5.28. The van der Waals surface area contributed by atoms with Crippen LogP contribution in [-0.2, 0) is 0 Å². The number of amides is 1. The van der Waals surface area contributed by atoms with Gasteiger partial charge in [-0.3, -0.25) is 9.78 Å². The molecule has 1 amide bonds. The summed E-state index contributed by atoms with van der Waals surface area (Å²) in [5.74, 6) is -0.636. The van der Waals surface area contributed by atoms with E-state index in [1.165, 1.54) is 12.1 Å². The minimum atomic E-state index is -0.359. The molecule has 1 aliphatic rings. The van der Waals surface area contributed by atoms with Gasteiger partial charge >= 0.3 is 0 Å². The van der Waals surface area contributed by atoms with Crippen LogP contribution in [-0.4, -0.2) is 49.0 Å². The second kappa shape index (κ2) is 7.61. The Hall–Kier alpha value is -2.47. The Morgan fingerprint density at radius 3 is 2.60 bits per heavy atom. The maximum Gasteiger partial charge on any atom is 0.255 e. The summed E-state index contributed by atoms with van der Waals surface area (Å²) in [7, 11) is 4.10. The molecule has 6 heteroatoms. The molecule has 0 atom stereocenters. The fourth-order valence-electron chi connectivity index (χ4n) is 3.15. The van der Waals surface area contributed by atoms with Gasteiger partial charge in [0.05, 0.1) is 0 Å². The van der Waals surface area contributed by atoms with Crippen LogP contribution in [0.3, 0.4) is 0 Å². The number of nitrogens with one attached hydrogen (secondary N) is 1. The minimum Gasteiger partial charge on any atom is -0.371 e. The number of piperidine rings is 1. The Morgan fingerprint density at radius 2 is 1.92 bits per heavy atom. The molecule has 1 saturated heterocycles. The van der Waals surface area contributed by atoms with Crippen LogP contribution in [0.15, 0.2) is 42.7 Å². The summed E-state index contributed by atoms with van der Waals surface area (Å²) >= 11 is 0. The van der Waals surface area contributed by atoms with Crippen LogP contribution in [0.2, 0.25) is 0 Å². The molecule has 2 aromatic rings. The summed E-state index contributed by atoms with van der Waals surface area (Å²) < 4.78 is 14.1. The third kappa shape index (κ3) is 4.33. The molecule has 0 radical (unpaired) electrons. The highest BCUT2D eigenvalue weighted by atomic mass is 19.1. The van der Waals surface area contributed by atoms with Crippen LogP contribution >= 0.6 is 0 Å². The molecule has 3 rings (SSSR count). The SMILES string of the molecule is CN1CCC(N(C)c2cc(F)cc(NC(=O)c3ccncc3)c2)CC1. The quantitative estimate of drug-likeness (QED) is 0.928.